The highest BCUT2D eigenvalue weighted by molar-refractivity contribution is 14.1. The standard InChI is InChI=1S/C17H19IN4O/c1-21-7-9-22(10-8-21)16-6-5-15(12-19-16)20-17(23)13-3-2-4-14(18)11-13/h2-6,11-12H,7-10H2,1H3,(H,20,23). The molecule has 2 heterocycles. The van der Waals surface area contributed by atoms with E-state index in [9.17, 15) is 4.79 Å². The maximum absolute atomic E-state index is 12.2. The van der Waals surface area contributed by atoms with Gasteiger partial charge in [0, 0.05) is 35.3 Å². The molecule has 2 aromatic rings. The summed E-state index contributed by atoms with van der Waals surface area (Å²) in [6.45, 7) is 4.06. The van der Waals surface area contributed by atoms with E-state index in [4.69, 9.17) is 0 Å². The topological polar surface area (TPSA) is 48.5 Å². The van der Waals surface area contributed by atoms with E-state index < -0.39 is 0 Å². The van der Waals surface area contributed by atoms with Gasteiger partial charge in [-0.05, 0) is 60.0 Å². The zero-order valence-corrected chi connectivity index (χ0v) is 15.2. The first-order valence-corrected chi connectivity index (χ1v) is 8.66. The summed E-state index contributed by atoms with van der Waals surface area (Å²) >= 11 is 2.20. The molecule has 1 fully saturated rings. The summed E-state index contributed by atoms with van der Waals surface area (Å²) < 4.78 is 1.04. The van der Waals surface area contributed by atoms with Crippen LogP contribution in [0.5, 0.6) is 0 Å². The second-order valence-electron chi connectivity index (χ2n) is 5.66. The van der Waals surface area contributed by atoms with Gasteiger partial charge in [-0.1, -0.05) is 6.07 Å². The molecule has 23 heavy (non-hydrogen) atoms. The van der Waals surface area contributed by atoms with Gasteiger partial charge in [0.1, 0.15) is 5.82 Å². The number of pyridine rings is 1. The van der Waals surface area contributed by atoms with Crippen LogP contribution < -0.4 is 10.2 Å². The van der Waals surface area contributed by atoms with Gasteiger partial charge in [-0.3, -0.25) is 4.79 Å². The molecule has 1 aromatic heterocycles. The third kappa shape index (κ3) is 4.20. The van der Waals surface area contributed by atoms with Gasteiger partial charge in [0.15, 0.2) is 0 Å². The van der Waals surface area contributed by atoms with Crippen molar-refractivity contribution < 1.29 is 4.79 Å². The van der Waals surface area contributed by atoms with Crippen molar-refractivity contribution in [1.82, 2.24) is 9.88 Å². The van der Waals surface area contributed by atoms with Crippen LogP contribution in [0.1, 0.15) is 10.4 Å². The van der Waals surface area contributed by atoms with Crippen LogP contribution >= 0.6 is 22.6 Å². The molecule has 120 valence electrons. The number of rotatable bonds is 3. The molecule has 1 aliphatic heterocycles. The van der Waals surface area contributed by atoms with Crippen molar-refractivity contribution in [1.29, 1.82) is 0 Å². The molecule has 3 rings (SSSR count). The Balaban J connectivity index is 1.64. The number of carbonyl (C=O) groups excluding carboxylic acids is 1. The number of nitrogens with one attached hydrogen (secondary N) is 1. The lowest BCUT2D eigenvalue weighted by Crippen LogP contribution is -2.44. The summed E-state index contributed by atoms with van der Waals surface area (Å²) in [6, 6.07) is 11.4. The molecule has 1 aliphatic rings. The molecule has 0 aliphatic carbocycles. The molecule has 1 aromatic carbocycles. The Morgan fingerprint density at radius 3 is 2.61 bits per heavy atom. The molecule has 0 unspecified atom stereocenters. The molecule has 1 saturated heterocycles. The van der Waals surface area contributed by atoms with Crippen molar-refractivity contribution in [2.45, 2.75) is 0 Å². The molecule has 0 atom stereocenters. The van der Waals surface area contributed by atoms with Gasteiger partial charge in [0.25, 0.3) is 5.91 Å². The Hall–Kier alpha value is -1.67. The number of hydrogen-bond acceptors (Lipinski definition) is 4. The lowest BCUT2D eigenvalue weighted by molar-refractivity contribution is 0.102. The number of aromatic nitrogens is 1. The first-order chi connectivity index (χ1) is 11.1. The van der Waals surface area contributed by atoms with Gasteiger partial charge < -0.3 is 15.1 Å². The molecule has 1 N–H and O–H groups in total. The maximum atomic E-state index is 12.2. The smallest absolute Gasteiger partial charge is 0.255 e. The van der Waals surface area contributed by atoms with Gasteiger partial charge in [-0.25, -0.2) is 4.98 Å². The Labute approximate surface area is 149 Å². The van der Waals surface area contributed by atoms with E-state index in [1.807, 2.05) is 36.4 Å². The van der Waals surface area contributed by atoms with Crippen molar-refractivity contribution in [3.63, 3.8) is 0 Å². The minimum atomic E-state index is -0.113. The molecule has 0 radical (unpaired) electrons. The molecular formula is C17H19IN4O. The average Bonchev–Trinajstić information content (AvgIpc) is 2.56. The fourth-order valence-electron chi connectivity index (χ4n) is 2.52. The number of benzene rings is 1. The molecule has 5 nitrogen and oxygen atoms in total. The average molecular weight is 422 g/mol. The van der Waals surface area contributed by atoms with E-state index in [0.29, 0.717) is 11.3 Å². The highest BCUT2D eigenvalue weighted by Crippen LogP contribution is 2.17. The van der Waals surface area contributed by atoms with E-state index in [-0.39, 0.29) is 5.91 Å². The Bertz CT molecular complexity index is 681. The van der Waals surface area contributed by atoms with Gasteiger partial charge >= 0.3 is 0 Å². The number of amides is 1. The number of nitrogens with zero attached hydrogens (tertiary/aromatic N) is 3. The summed E-state index contributed by atoms with van der Waals surface area (Å²) in [7, 11) is 2.13. The normalized spacial score (nSPS) is 15.5. The number of anilines is 2. The summed E-state index contributed by atoms with van der Waals surface area (Å²) in [5.74, 6) is 0.850. The van der Waals surface area contributed by atoms with E-state index >= 15 is 0 Å². The summed E-state index contributed by atoms with van der Waals surface area (Å²) in [4.78, 5) is 21.3. The van der Waals surface area contributed by atoms with Crippen LogP contribution in [0.15, 0.2) is 42.6 Å². The minimum absolute atomic E-state index is 0.113. The van der Waals surface area contributed by atoms with E-state index in [0.717, 1.165) is 35.6 Å². The molecule has 0 spiro atoms. The van der Waals surface area contributed by atoms with E-state index in [1.165, 1.54) is 0 Å². The third-order valence-corrected chi connectivity index (χ3v) is 4.59. The largest absolute Gasteiger partial charge is 0.354 e. The fraction of sp³-hybridized carbons (Fsp3) is 0.294. The minimum Gasteiger partial charge on any atom is -0.354 e. The van der Waals surface area contributed by atoms with Crippen LogP contribution in [0.3, 0.4) is 0 Å². The monoisotopic (exact) mass is 422 g/mol. The fourth-order valence-corrected chi connectivity index (χ4v) is 3.06. The molecule has 1 amide bonds. The quantitative estimate of drug-likeness (QED) is 0.774. The molecule has 0 bridgehead atoms. The number of likely N-dealkylation sites (N-methyl/N-ethyl adjacent to an activating group) is 1. The Morgan fingerprint density at radius 1 is 1.17 bits per heavy atom. The zero-order valence-electron chi connectivity index (χ0n) is 13.0. The van der Waals surface area contributed by atoms with Gasteiger partial charge in [0.2, 0.25) is 0 Å². The van der Waals surface area contributed by atoms with Crippen LogP contribution in [0.4, 0.5) is 11.5 Å². The van der Waals surface area contributed by atoms with Crippen molar-refractivity contribution in [2.75, 3.05) is 43.4 Å². The van der Waals surface area contributed by atoms with Crippen LogP contribution in [0.2, 0.25) is 0 Å². The number of carbonyl (C=O) groups is 1. The van der Waals surface area contributed by atoms with E-state index in [1.54, 1.807) is 6.20 Å². The number of halogens is 1. The van der Waals surface area contributed by atoms with Crippen molar-refractivity contribution in [3.05, 3.63) is 51.7 Å². The van der Waals surface area contributed by atoms with Gasteiger partial charge in [-0.15, -0.1) is 0 Å². The summed E-state index contributed by atoms with van der Waals surface area (Å²) in [6.07, 6.45) is 1.72. The lowest BCUT2D eigenvalue weighted by Gasteiger charge is -2.33. The first-order valence-electron chi connectivity index (χ1n) is 7.58. The van der Waals surface area contributed by atoms with E-state index in [2.05, 4.69) is 49.7 Å². The van der Waals surface area contributed by atoms with Gasteiger partial charge in [-0.2, -0.15) is 0 Å². The third-order valence-electron chi connectivity index (χ3n) is 3.92. The molecule has 0 saturated carbocycles. The summed E-state index contributed by atoms with van der Waals surface area (Å²) in [5.41, 5.74) is 1.37. The zero-order chi connectivity index (χ0) is 16.2. The van der Waals surface area contributed by atoms with Crippen LogP contribution in [0.25, 0.3) is 0 Å². The van der Waals surface area contributed by atoms with Crippen LogP contribution in [-0.4, -0.2) is 49.0 Å². The van der Waals surface area contributed by atoms with Crippen molar-refractivity contribution in [2.24, 2.45) is 0 Å². The molecule has 6 heteroatoms. The van der Waals surface area contributed by atoms with Crippen LogP contribution in [-0.2, 0) is 0 Å². The number of piperazine rings is 1. The lowest BCUT2D eigenvalue weighted by atomic mass is 10.2. The highest BCUT2D eigenvalue weighted by Gasteiger charge is 2.15. The van der Waals surface area contributed by atoms with Crippen molar-refractivity contribution in [3.8, 4) is 0 Å². The second-order valence-corrected chi connectivity index (χ2v) is 6.91. The second kappa shape index (κ2) is 7.27. The van der Waals surface area contributed by atoms with Gasteiger partial charge in [0.05, 0.1) is 11.9 Å². The van der Waals surface area contributed by atoms with Crippen molar-refractivity contribution >= 4 is 40.0 Å². The highest BCUT2D eigenvalue weighted by atomic mass is 127. The summed E-state index contributed by atoms with van der Waals surface area (Å²) in [5, 5.41) is 2.89. The predicted molar refractivity (Wildman–Crippen MR) is 101 cm³/mol. The van der Waals surface area contributed by atoms with Crippen LogP contribution in [0, 0.1) is 3.57 Å². The first kappa shape index (κ1) is 16.2. The Morgan fingerprint density at radius 2 is 1.96 bits per heavy atom. The molecular weight excluding hydrogens is 403 g/mol. The predicted octanol–water partition coefficient (Wildman–Crippen LogP) is 2.69. The SMILES string of the molecule is CN1CCN(c2ccc(NC(=O)c3cccc(I)c3)cn2)CC1. The maximum Gasteiger partial charge on any atom is 0.255 e. The Kier molecular flexibility index (Phi) is 5.12. The number of hydrogen-bond donors (Lipinski definition) is 1.